The zero-order valence-electron chi connectivity index (χ0n) is 16.8. The molecule has 0 bridgehead atoms. The number of hydrogen-bond donors (Lipinski definition) is 1. The third-order valence-corrected chi connectivity index (χ3v) is 6.64. The summed E-state index contributed by atoms with van der Waals surface area (Å²) in [5.74, 6) is -0.820. The van der Waals surface area contributed by atoms with Gasteiger partial charge in [0.1, 0.15) is 12.4 Å². The molecular weight excluding hydrogens is 403 g/mol. The third-order valence-electron chi connectivity index (χ3n) is 4.87. The molecular formula is C23H23FN2O3S. The van der Waals surface area contributed by atoms with Crippen LogP contribution in [0.25, 0.3) is 0 Å². The molecule has 1 N–H and O–H groups in total. The summed E-state index contributed by atoms with van der Waals surface area (Å²) >= 11 is 0. The molecule has 0 atom stereocenters. The summed E-state index contributed by atoms with van der Waals surface area (Å²) in [6.45, 7) is 3.52. The molecule has 5 nitrogen and oxygen atoms in total. The van der Waals surface area contributed by atoms with Gasteiger partial charge >= 0.3 is 0 Å². The van der Waals surface area contributed by atoms with Gasteiger partial charge in [-0.2, -0.15) is 0 Å². The largest absolute Gasteiger partial charge is 0.350 e. The molecule has 3 aromatic rings. The molecule has 0 heterocycles. The fraction of sp³-hybridized carbons (Fsp3) is 0.174. The lowest BCUT2D eigenvalue weighted by atomic mass is 10.1. The van der Waals surface area contributed by atoms with E-state index in [2.05, 4.69) is 5.32 Å². The van der Waals surface area contributed by atoms with Crippen LogP contribution in [0.4, 0.5) is 10.1 Å². The molecule has 3 rings (SSSR count). The van der Waals surface area contributed by atoms with Crippen molar-refractivity contribution in [3.63, 3.8) is 0 Å². The van der Waals surface area contributed by atoms with Crippen molar-refractivity contribution in [1.29, 1.82) is 0 Å². The summed E-state index contributed by atoms with van der Waals surface area (Å²) in [7, 11) is -3.95. The molecule has 0 radical (unpaired) electrons. The van der Waals surface area contributed by atoms with E-state index in [1.54, 1.807) is 42.5 Å². The Kier molecular flexibility index (Phi) is 6.52. The molecule has 0 saturated carbocycles. The molecule has 0 aliphatic rings. The van der Waals surface area contributed by atoms with Gasteiger partial charge in [0.05, 0.1) is 10.6 Å². The molecule has 7 heteroatoms. The summed E-state index contributed by atoms with van der Waals surface area (Å²) in [6.07, 6.45) is 0. The van der Waals surface area contributed by atoms with Crippen molar-refractivity contribution < 1.29 is 17.6 Å². The van der Waals surface area contributed by atoms with Gasteiger partial charge in [0.25, 0.3) is 10.0 Å². The van der Waals surface area contributed by atoms with Crippen LogP contribution in [0.5, 0.6) is 0 Å². The van der Waals surface area contributed by atoms with E-state index in [0.29, 0.717) is 11.3 Å². The molecule has 156 valence electrons. The number of benzene rings is 3. The molecule has 0 aliphatic heterocycles. The number of aryl methyl sites for hydroxylation is 1. The summed E-state index contributed by atoms with van der Waals surface area (Å²) < 4.78 is 40.9. The van der Waals surface area contributed by atoms with Gasteiger partial charge in [-0.15, -0.1) is 0 Å². The number of amides is 1. The SMILES string of the molecule is Cc1cccc(N(CC(=O)NCc2ccc(F)cc2)S(=O)(=O)c2ccccc2)c1C. The third kappa shape index (κ3) is 4.86. The number of carbonyl (C=O) groups is 1. The first kappa shape index (κ1) is 21.5. The second-order valence-electron chi connectivity index (χ2n) is 6.95. The first-order valence-electron chi connectivity index (χ1n) is 9.44. The van der Waals surface area contributed by atoms with Crippen LogP contribution in [0.1, 0.15) is 16.7 Å². The van der Waals surface area contributed by atoms with Crippen molar-refractivity contribution in [2.45, 2.75) is 25.3 Å². The fourth-order valence-electron chi connectivity index (χ4n) is 3.01. The van der Waals surface area contributed by atoms with Gasteiger partial charge in [0.2, 0.25) is 5.91 Å². The Balaban J connectivity index is 1.89. The Morgan fingerprint density at radius 3 is 2.27 bits per heavy atom. The van der Waals surface area contributed by atoms with Crippen molar-refractivity contribution in [1.82, 2.24) is 5.32 Å². The van der Waals surface area contributed by atoms with Gasteiger partial charge in [0, 0.05) is 6.54 Å². The van der Waals surface area contributed by atoms with E-state index >= 15 is 0 Å². The van der Waals surface area contributed by atoms with E-state index in [1.807, 2.05) is 19.9 Å². The molecule has 0 aliphatic carbocycles. The Bertz CT molecular complexity index is 1130. The smallest absolute Gasteiger partial charge is 0.264 e. The van der Waals surface area contributed by atoms with Gasteiger partial charge in [-0.25, -0.2) is 12.8 Å². The second kappa shape index (κ2) is 9.09. The number of sulfonamides is 1. The van der Waals surface area contributed by atoms with Gasteiger partial charge < -0.3 is 5.32 Å². The first-order chi connectivity index (χ1) is 14.3. The molecule has 0 aromatic heterocycles. The predicted octanol–water partition coefficient (Wildman–Crippen LogP) is 3.95. The van der Waals surface area contributed by atoms with Crippen LogP contribution in [-0.2, 0) is 21.4 Å². The van der Waals surface area contributed by atoms with Gasteiger partial charge in [0.15, 0.2) is 0 Å². The maximum Gasteiger partial charge on any atom is 0.264 e. The Morgan fingerprint density at radius 1 is 0.933 bits per heavy atom. The van der Waals surface area contributed by atoms with Crippen LogP contribution in [-0.4, -0.2) is 20.9 Å². The molecule has 30 heavy (non-hydrogen) atoms. The van der Waals surface area contributed by atoms with E-state index in [9.17, 15) is 17.6 Å². The van der Waals surface area contributed by atoms with Crippen molar-refractivity contribution in [3.05, 3.63) is 95.3 Å². The van der Waals surface area contributed by atoms with Crippen LogP contribution in [0, 0.1) is 19.7 Å². The van der Waals surface area contributed by atoms with E-state index in [-0.39, 0.29) is 23.8 Å². The number of rotatable bonds is 7. The van der Waals surface area contributed by atoms with Crippen LogP contribution in [0.3, 0.4) is 0 Å². The number of nitrogens with one attached hydrogen (secondary N) is 1. The molecule has 1 amide bonds. The number of hydrogen-bond acceptors (Lipinski definition) is 3. The summed E-state index contributed by atoms with van der Waals surface area (Å²) in [5.41, 5.74) is 2.88. The molecule has 0 saturated heterocycles. The number of anilines is 1. The monoisotopic (exact) mass is 426 g/mol. The molecule has 0 fully saturated rings. The molecule has 0 unspecified atom stereocenters. The highest BCUT2D eigenvalue weighted by Gasteiger charge is 2.28. The summed E-state index contributed by atoms with van der Waals surface area (Å²) in [6, 6.07) is 19.1. The van der Waals surface area contributed by atoms with Crippen molar-refractivity contribution in [3.8, 4) is 0 Å². The first-order valence-corrected chi connectivity index (χ1v) is 10.9. The van der Waals surface area contributed by atoms with Crippen molar-refractivity contribution in [2.24, 2.45) is 0 Å². The van der Waals surface area contributed by atoms with Crippen LogP contribution in [0.2, 0.25) is 0 Å². The fourth-order valence-corrected chi connectivity index (χ4v) is 4.51. The maximum absolute atomic E-state index is 13.3. The minimum Gasteiger partial charge on any atom is -0.350 e. The normalized spacial score (nSPS) is 11.2. The lowest BCUT2D eigenvalue weighted by Gasteiger charge is -2.26. The minimum atomic E-state index is -3.95. The van der Waals surface area contributed by atoms with E-state index in [4.69, 9.17) is 0 Å². The van der Waals surface area contributed by atoms with Gasteiger partial charge in [-0.1, -0.05) is 42.5 Å². The summed E-state index contributed by atoms with van der Waals surface area (Å²) in [4.78, 5) is 12.8. The maximum atomic E-state index is 13.3. The average molecular weight is 427 g/mol. The zero-order chi connectivity index (χ0) is 21.7. The van der Waals surface area contributed by atoms with Gasteiger partial charge in [-0.05, 0) is 60.9 Å². The molecule has 0 spiro atoms. The quantitative estimate of drug-likeness (QED) is 0.622. The zero-order valence-corrected chi connectivity index (χ0v) is 17.6. The van der Waals surface area contributed by atoms with E-state index in [0.717, 1.165) is 15.4 Å². The number of nitrogens with zero attached hydrogens (tertiary/aromatic N) is 1. The highest BCUT2D eigenvalue weighted by Crippen LogP contribution is 2.28. The Hall–Kier alpha value is -3.19. The molecule has 3 aromatic carbocycles. The van der Waals surface area contributed by atoms with Crippen LogP contribution in [0.15, 0.2) is 77.7 Å². The lowest BCUT2D eigenvalue weighted by molar-refractivity contribution is -0.119. The van der Waals surface area contributed by atoms with Gasteiger partial charge in [-0.3, -0.25) is 9.10 Å². The van der Waals surface area contributed by atoms with Crippen LogP contribution < -0.4 is 9.62 Å². The van der Waals surface area contributed by atoms with E-state index < -0.39 is 15.9 Å². The van der Waals surface area contributed by atoms with Crippen molar-refractivity contribution in [2.75, 3.05) is 10.8 Å². The average Bonchev–Trinajstić information content (AvgIpc) is 2.74. The number of carbonyl (C=O) groups excluding carboxylic acids is 1. The van der Waals surface area contributed by atoms with Crippen LogP contribution >= 0.6 is 0 Å². The lowest BCUT2D eigenvalue weighted by Crippen LogP contribution is -2.41. The predicted molar refractivity (Wildman–Crippen MR) is 115 cm³/mol. The van der Waals surface area contributed by atoms with Crippen molar-refractivity contribution >= 4 is 21.6 Å². The standard InChI is InChI=1S/C23H23FN2O3S/c1-17-7-6-10-22(18(17)2)26(30(28,29)21-8-4-3-5-9-21)16-23(27)25-15-19-11-13-20(24)14-12-19/h3-14H,15-16H2,1-2H3,(H,25,27). The Morgan fingerprint density at radius 2 is 1.60 bits per heavy atom. The van der Waals surface area contributed by atoms with E-state index in [1.165, 1.54) is 24.3 Å². The Labute approximate surface area is 176 Å². The minimum absolute atomic E-state index is 0.109. The number of halogens is 1. The highest BCUT2D eigenvalue weighted by molar-refractivity contribution is 7.92. The summed E-state index contributed by atoms with van der Waals surface area (Å²) in [5, 5.41) is 2.71. The highest BCUT2D eigenvalue weighted by atomic mass is 32.2. The topological polar surface area (TPSA) is 66.5 Å². The second-order valence-corrected chi connectivity index (χ2v) is 8.81.